The molecule has 9 heteroatoms. The summed E-state index contributed by atoms with van der Waals surface area (Å²) >= 11 is 0. The summed E-state index contributed by atoms with van der Waals surface area (Å²) in [5.41, 5.74) is 5.13. The molecule has 1 aliphatic heterocycles. The lowest BCUT2D eigenvalue weighted by Crippen LogP contribution is -2.22. The van der Waals surface area contributed by atoms with Crippen molar-refractivity contribution in [2.75, 3.05) is 32.0 Å². The van der Waals surface area contributed by atoms with Gasteiger partial charge in [0.1, 0.15) is 18.3 Å². The molecule has 0 bridgehead atoms. The number of pyridine rings is 1. The minimum absolute atomic E-state index is 0.188. The van der Waals surface area contributed by atoms with E-state index < -0.39 is 17.6 Å². The van der Waals surface area contributed by atoms with E-state index in [1.165, 1.54) is 18.8 Å². The van der Waals surface area contributed by atoms with Gasteiger partial charge in [0.15, 0.2) is 0 Å². The number of nitrogens with zero attached hydrogens (tertiary/aromatic N) is 3. The van der Waals surface area contributed by atoms with Crippen molar-refractivity contribution in [1.82, 2.24) is 19.9 Å². The number of halogens is 4. The van der Waals surface area contributed by atoms with Crippen LogP contribution in [0.2, 0.25) is 0 Å². The van der Waals surface area contributed by atoms with Gasteiger partial charge in [0.25, 0.3) is 0 Å². The summed E-state index contributed by atoms with van der Waals surface area (Å²) in [6.07, 6.45) is 1.18. The number of nitrogen functional groups attached to an aromatic ring is 1. The maximum absolute atomic E-state index is 12.7. The largest absolute Gasteiger partial charge is 0.419 e. The number of nitrogens with one attached hydrogen (secondary N) is 1. The molecule has 5 nitrogen and oxygen atoms in total. The lowest BCUT2D eigenvalue weighted by Gasteiger charge is -2.11. The average Bonchev–Trinajstić information content (AvgIpc) is 3.25. The third-order valence-corrected chi connectivity index (χ3v) is 4.56. The number of likely N-dealkylation sites (tertiary alicyclic amines) is 1. The zero-order chi connectivity index (χ0) is 20.7. The van der Waals surface area contributed by atoms with Crippen LogP contribution in [0.4, 0.5) is 23.4 Å². The fraction of sp³-hybridized carbons (Fsp3) is 0.579. The number of nitrogens with two attached hydrogens (primary N) is 1. The van der Waals surface area contributed by atoms with Crippen LogP contribution in [0.3, 0.4) is 0 Å². The Morgan fingerprint density at radius 2 is 2.04 bits per heavy atom. The van der Waals surface area contributed by atoms with Gasteiger partial charge in [0.2, 0.25) is 0 Å². The molecule has 1 unspecified atom stereocenters. The molecule has 0 aliphatic carbocycles. The maximum atomic E-state index is 12.7. The molecule has 3 rings (SSSR count). The zero-order valence-electron chi connectivity index (χ0n) is 16.2. The van der Waals surface area contributed by atoms with Crippen molar-refractivity contribution >= 4 is 5.82 Å². The van der Waals surface area contributed by atoms with E-state index in [9.17, 15) is 17.6 Å². The second-order valence-electron chi connectivity index (χ2n) is 7.03. The van der Waals surface area contributed by atoms with Crippen LogP contribution < -0.4 is 5.73 Å². The number of aromatic amines is 1. The third kappa shape index (κ3) is 6.19. The van der Waals surface area contributed by atoms with Crippen molar-refractivity contribution in [3.8, 4) is 11.3 Å². The molecule has 0 aromatic carbocycles. The second kappa shape index (κ2) is 9.86. The van der Waals surface area contributed by atoms with Gasteiger partial charge in [-0.05, 0) is 31.4 Å². The van der Waals surface area contributed by atoms with Crippen LogP contribution in [0.1, 0.15) is 38.1 Å². The van der Waals surface area contributed by atoms with E-state index in [0.717, 1.165) is 43.7 Å². The number of imidazole rings is 1. The molecule has 3 heterocycles. The van der Waals surface area contributed by atoms with E-state index in [1.807, 2.05) is 6.92 Å². The van der Waals surface area contributed by atoms with E-state index in [-0.39, 0.29) is 6.67 Å². The molecule has 1 saturated heterocycles. The zero-order valence-corrected chi connectivity index (χ0v) is 16.2. The van der Waals surface area contributed by atoms with Crippen LogP contribution in [0.15, 0.2) is 18.5 Å². The molecule has 2 aromatic heterocycles. The molecule has 1 atom stereocenters. The topological polar surface area (TPSA) is 70.8 Å². The first-order chi connectivity index (χ1) is 13.2. The Labute approximate surface area is 162 Å². The minimum atomic E-state index is -4.51. The van der Waals surface area contributed by atoms with Crippen LogP contribution in [-0.2, 0) is 12.6 Å². The van der Waals surface area contributed by atoms with Crippen LogP contribution in [0, 0.1) is 5.92 Å². The average molecular weight is 401 g/mol. The highest BCUT2D eigenvalue weighted by Crippen LogP contribution is 2.34. The van der Waals surface area contributed by atoms with Gasteiger partial charge in [0.05, 0.1) is 17.5 Å². The monoisotopic (exact) mass is 401 g/mol. The Morgan fingerprint density at radius 3 is 2.61 bits per heavy atom. The highest BCUT2D eigenvalue weighted by Gasteiger charge is 2.34. The number of rotatable bonds is 5. The summed E-state index contributed by atoms with van der Waals surface area (Å²) in [4.78, 5) is 12.8. The van der Waals surface area contributed by atoms with Crippen molar-refractivity contribution in [3.63, 3.8) is 0 Å². The Balaban J connectivity index is 0.000000261. The Bertz CT molecular complexity index is 742. The summed E-state index contributed by atoms with van der Waals surface area (Å²) in [6, 6.07) is 0.978. The molecule has 0 amide bonds. The van der Waals surface area contributed by atoms with Gasteiger partial charge in [0, 0.05) is 31.3 Å². The number of aromatic nitrogens is 3. The van der Waals surface area contributed by atoms with E-state index >= 15 is 0 Å². The standard InChI is InChI=1S/C12H13F3N4.C7H14FN/c1-2-3-10-17-6-9(19-10)7-4-8(12(13,14)15)11(16)18-5-7;1-7-2-4-9(6-7)5-3-8/h4-6H,2-3H2,1H3,(H2,16,18)(H,17,19);7H,2-6H2,1H3. The first kappa shape index (κ1) is 22.1. The summed E-state index contributed by atoms with van der Waals surface area (Å²) in [6.45, 7) is 6.87. The predicted molar refractivity (Wildman–Crippen MR) is 101 cm³/mol. The number of aryl methyl sites for hydroxylation is 1. The molecule has 0 radical (unpaired) electrons. The third-order valence-electron chi connectivity index (χ3n) is 4.56. The smallest absolute Gasteiger partial charge is 0.383 e. The van der Waals surface area contributed by atoms with E-state index in [2.05, 4.69) is 26.8 Å². The lowest BCUT2D eigenvalue weighted by molar-refractivity contribution is -0.137. The molecule has 0 saturated carbocycles. The Morgan fingerprint density at radius 1 is 1.29 bits per heavy atom. The first-order valence-corrected chi connectivity index (χ1v) is 9.39. The van der Waals surface area contributed by atoms with Crippen molar-refractivity contribution in [1.29, 1.82) is 0 Å². The normalized spacial score (nSPS) is 17.4. The van der Waals surface area contributed by atoms with Crippen LogP contribution in [0.25, 0.3) is 11.3 Å². The summed E-state index contributed by atoms with van der Waals surface area (Å²) in [5.74, 6) is 1.00. The highest BCUT2D eigenvalue weighted by molar-refractivity contribution is 5.61. The Hall–Kier alpha value is -2.16. The highest BCUT2D eigenvalue weighted by atomic mass is 19.4. The summed E-state index contributed by atoms with van der Waals surface area (Å²) in [7, 11) is 0. The predicted octanol–water partition coefficient (Wildman–Crippen LogP) is 4.32. The number of alkyl halides is 4. The van der Waals surface area contributed by atoms with E-state index in [1.54, 1.807) is 0 Å². The lowest BCUT2D eigenvalue weighted by atomic mass is 10.1. The van der Waals surface area contributed by atoms with Crippen LogP contribution in [-0.4, -0.2) is 46.2 Å². The van der Waals surface area contributed by atoms with E-state index in [0.29, 0.717) is 17.8 Å². The van der Waals surface area contributed by atoms with Crippen LogP contribution in [0.5, 0.6) is 0 Å². The Kier molecular flexibility index (Phi) is 7.79. The molecule has 0 spiro atoms. The number of hydrogen-bond donors (Lipinski definition) is 2. The van der Waals surface area contributed by atoms with Crippen molar-refractivity contribution in [2.24, 2.45) is 5.92 Å². The molecule has 1 fully saturated rings. The van der Waals surface area contributed by atoms with Gasteiger partial charge in [-0.3, -0.25) is 0 Å². The maximum Gasteiger partial charge on any atom is 0.419 e. The number of anilines is 1. The fourth-order valence-corrected chi connectivity index (χ4v) is 3.07. The minimum Gasteiger partial charge on any atom is -0.383 e. The van der Waals surface area contributed by atoms with E-state index in [4.69, 9.17) is 5.73 Å². The van der Waals surface area contributed by atoms with Gasteiger partial charge in [-0.1, -0.05) is 13.8 Å². The molecule has 3 N–H and O–H groups in total. The van der Waals surface area contributed by atoms with Crippen molar-refractivity contribution < 1.29 is 17.6 Å². The second-order valence-corrected chi connectivity index (χ2v) is 7.03. The molecule has 2 aromatic rings. The van der Waals surface area contributed by atoms with Crippen molar-refractivity contribution in [2.45, 2.75) is 39.3 Å². The number of hydrogen-bond acceptors (Lipinski definition) is 4. The van der Waals surface area contributed by atoms with Gasteiger partial charge in [-0.25, -0.2) is 14.4 Å². The van der Waals surface area contributed by atoms with Crippen LogP contribution >= 0.6 is 0 Å². The molecular weight excluding hydrogens is 374 g/mol. The van der Waals surface area contributed by atoms with Gasteiger partial charge < -0.3 is 15.6 Å². The molecule has 28 heavy (non-hydrogen) atoms. The molecule has 1 aliphatic rings. The van der Waals surface area contributed by atoms with Gasteiger partial charge >= 0.3 is 6.18 Å². The SMILES string of the molecule is CC1CCN(CCF)C1.CCCc1ncc(-c2cnc(N)c(C(F)(F)F)c2)[nH]1. The van der Waals surface area contributed by atoms with Gasteiger partial charge in [-0.15, -0.1) is 0 Å². The van der Waals surface area contributed by atoms with Crippen molar-refractivity contribution in [3.05, 3.63) is 29.8 Å². The van der Waals surface area contributed by atoms with Gasteiger partial charge in [-0.2, -0.15) is 13.2 Å². The molecule has 156 valence electrons. The fourth-order valence-electron chi connectivity index (χ4n) is 3.07. The first-order valence-electron chi connectivity index (χ1n) is 9.39. The summed E-state index contributed by atoms with van der Waals surface area (Å²) < 4.78 is 49.9. The summed E-state index contributed by atoms with van der Waals surface area (Å²) in [5, 5.41) is 0. The quantitative estimate of drug-likeness (QED) is 0.732. The molecular formula is C19H27F4N5. The number of H-pyrrole nitrogens is 1.